The molecule has 0 saturated carbocycles. The van der Waals surface area contributed by atoms with E-state index < -0.39 is 34.0 Å². The Labute approximate surface area is 211 Å². The number of fused-ring (bicyclic) bond motifs is 1. The zero-order valence-electron chi connectivity index (χ0n) is 20.5. The third-order valence-corrected chi connectivity index (χ3v) is 7.28. The highest BCUT2D eigenvalue weighted by Gasteiger charge is 2.28. The van der Waals surface area contributed by atoms with Gasteiger partial charge in [0, 0.05) is 38.3 Å². The minimum atomic E-state index is -3.44. The Kier molecular flexibility index (Phi) is 7.77. The Morgan fingerprint density at radius 1 is 1.08 bits per heavy atom. The van der Waals surface area contributed by atoms with Crippen LogP contribution in [0.15, 0.2) is 48.5 Å². The fourth-order valence-corrected chi connectivity index (χ4v) is 5.42. The van der Waals surface area contributed by atoms with Gasteiger partial charge in [-0.05, 0) is 35.4 Å². The van der Waals surface area contributed by atoms with E-state index >= 15 is 0 Å². The lowest BCUT2D eigenvalue weighted by molar-refractivity contribution is -0.141. The van der Waals surface area contributed by atoms with E-state index in [0.29, 0.717) is 0 Å². The number of carboxylic acid groups (broad SMARTS) is 1. The molecule has 3 N–H and O–H groups in total. The number of rotatable bonds is 9. The fourth-order valence-electron chi connectivity index (χ4n) is 4.75. The first kappa shape index (κ1) is 25.9. The molecule has 1 saturated heterocycles. The largest absolute Gasteiger partial charge is 0.480 e. The molecule has 1 fully saturated rings. The molecule has 0 radical (unpaired) electrons. The van der Waals surface area contributed by atoms with E-state index in [1.165, 1.54) is 0 Å². The Hall–Kier alpha value is -3.21. The molecule has 1 heterocycles. The molecule has 10 heteroatoms. The minimum absolute atomic E-state index is 0.0145. The number of nitrogens with one attached hydrogen (secondary N) is 2. The molecule has 9 nitrogen and oxygen atoms in total. The van der Waals surface area contributed by atoms with Crippen LogP contribution in [-0.4, -0.2) is 75.8 Å². The lowest BCUT2D eigenvalue weighted by Gasteiger charge is -2.36. The molecule has 1 amide bonds. The van der Waals surface area contributed by atoms with Crippen LogP contribution in [0.4, 0.5) is 5.69 Å². The number of amides is 1. The van der Waals surface area contributed by atoms with Gasteiger partial charge in [-0.25, -0.2) is 17.9 Å². The van der Waals surface area contributed by atoms with Crippen LogP contribution in [-0.2, 0) is 32.5 Å². The summed E-state index contributed by atoms with van der Waals surface area (Å²) in [7, 11) is -1.37. The number of likely N-dealkylation sites (N-methyl/N-ethyl adjacent to an activating group) is 1. The maximum Gasteiger partial charge on any atom is 0.326 e. The third kappa shape index (κ3) is 6.31. The van der Waals surface area contributed by atoms with E-state index in [9.17, 15) is 23.1 Å². The van der Waals surface area contributed by atoms with Gasteiger partial charge in [-0.1, -0.05) is 48.6 Å². The molecule has 192 valence electrons. The quantitative estimate of drug-likeness (QED) is 0.465. The van der Waals surface area contributed by atoms with Gasteiger partial charge >= 0.3 is 5.97 Å². The zero-order chi connectivity index (χ0) is 25.9. The maximum atomic E-state index is 13.2. The second kappa shape index (κ2) is 10.8. The van der Waals surface area contributed by atoms with Crippen molar-refractivity contribution in [3.63, 3.8) is 0 Å². The summed E-state index contributed by atoms with van der Waals surface area (Å²) in [6, 6.07) is 11.5. The number of carbonyl (C=O) groups is 2. The number of benzene rings is 2. The SMILES string of the molecule is CN1CCN(c2ccc3c(c2CC(=O)N[C@H](Cc2ccccc2)C(=O)O)C=CC3NS(C)(=O)=O)CC1. The molecular formula is C26H32N4O5S. The van der Waals surface area contributed by atoms with Crippen LogP contribution in [0, 0.1) is 0 Å². The number of carboxylic acids is 1. The summed E-state index contributed by atoms with van der Waals surface area (Å²) in [5.41, 5.74) is 4.09. The molecule has 1 unspecified atom stereocenters. The smallest absolute Gasteiger partial charge is 0.326 e. The molecule has 2 aliphatic rings. The normalized spacial score (nSPS) is 18.6. The van der Waals surface area contributed by atoms with Gasteiger partial charge in [-0.2, -0.15) is 0 Å². The van der Waals surface area contributed by atoms with Crippen molar-refractivity contribution in [2.75, 3.05) is 44.4 Å². The summed E-state index contributed by atoms with van der Waals surface area (Å²) in [4.78, 5) is 29.5. The molecule has 0 spiro atoms. The van der Waals surface area contributed by atoms with Crippen molar-refractivity contribution in [2.24, 2.45) is 0 Å². The molecule has 0 bridgehead atoms. The van der Waals surface area contributed by atoms with Crippen molar-refractivity contribution in [1.82, 2.24) is 14.9 Å². The monoisotopic (exact) mass is 512 g/mol. The number of piperazine rings is 1. The van der Waals surface area contributed by atoms with Crippen molar-refractivity contribution in [3.8, 4) is 0 Å². The third-order valence-electron chi connectivity index (χ3n) is 6.59. The summed E-state index contributed by atoms with van der Waals surface area (Å²) >= 11 is 0. The first-order chi connectivity index (χ1) is 17.1. The number of anilines is 1. The van der Waals surface area contributed by atoms with Gasteiger partial charge in [0.15, 0.2) is 0 Å². The maximum absolute atomic E-state index is 13.2. The summed E-state index contributed by atoms with van der Waals surface area (Å²) in [5.74, 6) is -1.49. The van der Waals surface area contributed by atoms with Crippen LogP contribution in [0.3, 0.4) is 0 Å². The second-order valence-corrected chi connectivity index (χ2v) is 11.2. The van der Waals surface area contributed by atoms with Gasteiger partial charge in [0.2, 0.25) is 15.9 Å². The average molecular weight is 513 g/mol. The first-order valence-corrected chi connectivity index (χ1v) is 13.8. The summed E-state index contributed by atoms with van der Waals surface area (Å²) < 4.78 is 26.3. The van der Waals surface area contributed by atoms with Crippen molar-refractivity contribution < 1.29 is 23.1 Å². The molecule has 1 aliphatic heterocycles. The number of aliphatic carboxylic acids is 1. The lowest BCUT2D eigenvalue weighted by Crippen LogP contribution is -2.45. The minimum Gasteiger partial charge on any atom is -0.480 e. The van der Waals surface area contributed by atoms with E-state index in [1.807, 2.05) is 48.5 Å². The van der Waals surface area contributed by atoms with Crippen LogP contribution in [0.25, 0.3) is 6.08 Å². The molecule has 2 aromatic rings. The number of hydrogen-bond donors (Lipinski definition) is 3. The Morgan fingerprint density at radius 2 is 1.78 bits per heavy atom. The number of nitrogens with zero attached hydrogens (tertiary/aromatic N) is 2. The second-order valence-electron chi connectivity index (χ2n) is 9.41. The van der Waals surface area contributed by atoms with Gasteiger partial charge in [-0.15, -0.1) is 0 Å². The van der Waals surface area contributed by atoms with Crippen LogP contribution in [0.2, 0.25) is 0 Å². The highest BCUT2D eigenvalue weighted by atomic mass is 32.2. The highest BCUT2D eigenvalue weighted by Crippen LogP contribution is 2.37. The Balaban J connectivity index is 1.61. The van der Waals surface area contributed by atoms with Crippen molar-refractivity contribution in [2.45, 2.75) is 24.9 Å². The van der Waals surface area contributed by atoms with Gasteiger partial charge in [0.1, 0.15) is 6.04 Å². The predicted molar refractivity (Wildman–Crippen MR) is 139 cm³/mol. The molecule has 2 aromatic carbocycles. The van der Waals surface area contributed by atoms with Gasteiger partial charge < -0.3 is 20.2 Å². The van der Waals surface area contributed by atoms with E-state index in [1.54, 1.807) is 6.08 Å². The Bertz CT molecular complexity index is 1250. The molecule has 2 atom stereocenters. The van der Waals surface area contributed by atoms with Gasteiger partial charge in [-0.3, -0.25) is 4.79 Å². The van der Waals surface area contributed by atoms with Crippen LogP contribution in [0.5, 0.6) is 0 Å². The standard InChI is InChI=1S/C26H32N4O5S/c1-29-12-14-30(15-13-29)24-11-9-20-19(8-10-22(20)28-36(2,34)35)21(24)17-25(31)27-23(26(32)33)16-18-6-4-3-5-7-18/h3-11,22-23,28H,12-17H2,1-2H3,(H,27,31)(H,32,33)/t22?,23-/m1/s1. The van der Waals surface area contributed by atoms with Gasteiger partial charge in [0.05, 0.1) is 18.7 Å². The van der Waals surface area contributed by atoms with Crippen molar-refractivity contribution in [3.05, 3.63) is 70.8 Å². The van der Waals surface area contributed by atoms with Gasteiger partial charge in [0.25, 0.3) is 0 Å². The number of sulfonamides is 1. The van der Waals surface area contributed by atoms with Crippen LogP contribution < -0.4 is 14.9 Å². The van der Waals surface area contributed by atoms with E-state index in [2.05, 4.69) is 26.9 Å². The molecule has 36 heavy (non-hydrogen) atoms. The average Bonchev–Trinajstić information content (AvgIpc) is 3.21. The molecular weight excluding hydrogens is 480 g/mol. The van der Waals surface area contributed by atoms with Crippen molar-refractivity contribution in [1.29, 1.82) is 0 Å². The van der Waals surface area contributed by atoms with E-state index in [0.717, 1.165) is 60.4 Å². The number of hydrogen-bond acceptors (Lipinski definition) is 6. The molecule has 4 rings (SSSR count). The van der Waals surface area contributed by atoms with E-state index in [-0.39, 0.29) is 12.8 Å². The number of carbonyl (C=O) groups excluding carboxylic acids is 1. The molecule has 1 aliphatic carbocycles. The predicted octanol–water partition coefficient (Wildman–Crippen LogP) is 1.41. The topological polar surface area (TPSA) is 119 Å². The lowest BCUT2D eigenvalue weighted by atomic mass is 9.96. The van der Waals surface area contributed by atoms with Crippen LogP contribution >= 0.6 is 0 Å². The van der Waals surface area contributed by atoms with Crippen molar-refractivity contribution >= 4 is 33.7 Å². The highest BCUT2D eigenvalue weighted by molar-refractivity contribution is 7.88. The zero-order valence-corrected chi connectivity index (χ0v) is 21.3. The van der Waals surface area contributed by atoms with E-state index in [4.69, 9.17) is 0 Å². The Morgan fingerprint density at radius 3 is 2.42 bits per heavy atom. The van der Waals surface area contributed by atoms with Crippen LogP contribution in [0.1, 0.15) is 28.3 Å². The summed E-state index contributed by atoms with van der Waals surface area (Å²) in [5, 5.41) is 12.4. The first-order valence-electron chi connectivity index (χ1n) is 11.9. The summed E-state index contributed by atoms with van der Waals surface area (Å²) in [6.07, 6.45) is 4.90. The molecule has 0 aromatic heterocycles. The summed E-state index contributed by atoms with van der Waals surface area (Å²) in [6.45, 7) is 3.36. The fraction of sp³-hybridized carbons (Fsp3) is 0.385.